The molecule has 5 rings (SSSR count). The predicted octanol–water partition coefficient (Wildman–Crippen LogP) is 3.15. The van der Waals surface area contributed by atoms with Crippen molar-refractivity contribution < 1.29 is 5.11 Å². The first-order valence-corrected chi connectivity index (χ1v) is 8.17. The number of hydrogen-bond acceptors (Lipinski definition) is 2. The predicted molar refractivity (Wildman–Crippen MR) is 80.3 cm³/mol. The van der Waals surface area contributed by atoms with E-state index in [1.807, 2.05) is 0 Å². The summed E-state index contributed by atoms with van der Waals surface area (Å²) in [5, 5.41) is 9.83. The maximum absolute atomic E-state index is 9.83. The van der Waals surface area contributed by atoms with E-state index in [-0.39, 0.29) is 0 Å². The summed E-state index contributed by atoms with van der Waals surface area (Å²) in [5.74, 6) is 2.95. The Morgan fingerprint density at radius 3 is 1.95 bits per heavy atom. The lowest BCUT2D eigenvalue weighted by atomic mass is 9.48. The Morgan fingerprint density at radius 2 is 1.50 bits per heavy atom. The van der Waals surface area contributed by atoms with Crippen LogP contribution in [0.4, 0.5) is 0 Å². The summed E-state index contributed by atoms with van der Waals surface area (Å²) < 4.78 is 0. The van der Waals surface area contributed by atoms with Crippen LogP contribution in [-0.4, -0.2) is 11.7 Å². The van der Waals surface area contributed by atoms with Crippen LogP contribution < -0.4 is 5.73 Å². The van der Waals surface area contributed by atoms with E-state index in [1.165, 1.54) is 44.1 Å². The molecule has 1 aromatic carbocycles. The van der Waals surface area contributed by atoms with E-state index < -0.39 is 6.10 Å². The standard InChI is InChI=1S/C18H25NO/c19-11-17(20)15-1-3-16(4-2-15)18-8-12-5-13(9-18)7-14(6-12)10-18/h1-4,12-14,17,20H,5-11,19H2. The average molecular weight is 271 g/mol. The van der Waals surface area contributed by atoms with Gasteiger partial charge in [-0.05, 0) is 72.8 Å². The normalized spacial score (nSPS) is 40.0. The zero-order valence-corrected chi connectivity index (χ0v) is 12.1. The lowest BCUT2D eigenvalue weighted by Gasteiger charge is -2.57. The van der Waals surface area contributed by atoms with Gasteiger partial charge >= 0.3 is 0 Å². The minimum Gasteiger partial charge on any atom is -0.387 e. The SMILES string of the molecule is NCC(O)c1ccc(C23CC4CC(CC(C4)C2)C3)cc1. The summed E-state index contributed by atoms with van der Waals surface area (Å²) in [6.45, 7) is 0.302. The average Bonchev–Trinajstić information content (AvgIpc) is 2.45. The highest BCUT2D eigenvalue weighted by atomic mass is 16.3. The molecule has 1 atom stereocenters. The Hall–Kier alpha value is -0.860. The molecule has 4 bridgehead atoms. The molecule has 0 radical (unpaired) electrons. The fourth-order valence-corrected chi connectivity index (χ4v) is 5.66. The quantitative estimate of drug-likeness (QED) is 0.887. The summed E-state index contributed by atoms with van der Waals surface area (Å²) in [4.78, 5) is 0. The molecule has 108 valence electrons. The monoisotopic (exact) mass is 271 g/mol. The van der Waals surface area contributed by atoms with Crippen molar-refractivity contribution in [2.75, 3.05) is 6.54 Å². The van der Waals surface area contributed by atoms with Gasteiger partial charge in [-0.3, -0.25) is 0 Å². The van der Waals surface area contributed by atoms with Gasteiger partial charge in [0.15, 0.2) is 0 Å². The van der Waals surface area contributed by atoms with E-state index in [0.29, 0.717) is 12.0 Å². The summed E-state index contributed by atoms with van der Waals surface area (Å²) in [5.41, 5.74) is 8.48. The molecule has 1 aromatic rings. The molecule has 0 aliphatic heterocycles. The van der Waals surface area contributed by atoms with Crippen LogP contribution >= 0.6 is 0 Å². The summed E-state index contributed by atoms with van der Waals surface area (Å²) >= 11 is 0. The second-order valence-electron chi connectivity index (χ2n) is 7.57. The number of rotatable bonds is 3. The molecule has 2 nitrogen and oxygen atoms in total. The van der Waals surface area contributed by atoms with Crippen molar-refractivity contribution in [1.82, 2.24) is 0 Å². The van der Waals surface area contributed by atoms with E-state index in [1.54, 1.807) is 0 Å². The molecule has 20 heavy (non-hydrogen) atoms. The van der Waals surface area contributed by atoms with E-state index >= 15 is 0 Å². The van der Waals surface area contributed by atoms with Crippen LogP contribution in [0.1, 0.15) is 55.8 Å². The molecule has 4 saturated carbocycles. The number of aliphatic hydroxyl groups excluding tert-OH is 1. The molecule has 0 spiro atoms. The first-order valence-electron chi connectivity index (χ1n) is 8.17. The maximum Gasteiger partial charge on any atom is 0.0912 e. The highest BCUT2D eigenvalue weighted by Crippen LogP contribution is 2.60. The van der Waals surface area contributed by atoms with Crippen molar-refractivity contribution in [3.05, 3.63) is 35.4 Å². The lowest BCUT2D eigenvalue weighted by molar-refractivity contribution is -0.00521. The van der Waals surface area contributed by atoms with E-state index in [9.17, 15) is 5.11 Å². The smallest absolute Gasteiger partial charge is 0.0912 e. The van der Waals surface area contributed by atoms with Gasteiger partial charge in [-0.25, -0.2) is 0 Å². The number of benzene rings is 1. The Labute approximate surface area is 121 Å². The van der Waals surface area contributed by atoms with Gasteiger partial charge in [0, 0.05) is 6.54 Å². The second kappa shape index (κ2) is 4.57. The van der Waals surface area contributed by atoms with Crippen molar-refractivity contribution in [2.45, 2.75) is 50.0 Å². The molecule has 3 N–H and O–H groups in total. The van der Waals surface area contributed by atoms with Gasteiger partial charge in [0.05, 0.1) is 6.10 Å². The zero-order chi connectivity index (χ0) is 13.7. The maximum atomic E-state index is 9.83. The topological polar surface area (TPSA) is 46.2 Å². The molecule has 0 saturated heterocycles. The van der Waals surface area contributed by atoms with Crippen molar-refractivity contribution in [3.63, 3.8) is 0 Å². The van der Waals surface area contributed by atoms with Gasteiger partial charge in [-0.1, -0.05) is 24.3 Å². The van der Waals surface area contributed by atoms with Gasteiger partial charge in [0.1, 0.15) is 0 Å². The van der Waals surface area contributed by atoms with Gasteiger partial charge in [0.25, 0.3) is 0 Å². The van der Waals surface area contributed by atoms with Crippen molar-refractivity contribution >= 4 is 0 Å². The van der Waals surface area contributed by atoms with Gasteiger partial charge in [-0.15, -0.1) is 0 Å². The molecule has 1 unspecified atom stereocenters. The number of nitrogens with two attached hydrogens (primary N) is 1. The van der Waals surface area contributed by atoms with Gasteiger partial charge < -0.3 is 10.8 Å². The van der Waals surface area contributed by atoms with Crippen LogP contribution in [0.2, 0.25) is 0 Å². The third-order valence-corrected chi connectivity index (χ3v) is 6.17. The Kier molecular flexibility index (Phi) is 2.94. The molecule has 0 amide bonds. The first-order chi connectivity index (χ1) is 9.68. The van der Waals surface area contributed by atoms with Crippen LogP contribution in [0.25, 0.3) is 0 Å². The lowest BCUT2D eigenvalue weighted by Crippen LogP contribution is -2.48. The fraction of sp³-hybridized carbons (Fsp3) is 0.667. The Morgan fingerprint density at radius 1 is 1.00 bits per heavy atom. The minimum atomic E-state index is -0.514. The van der Waals surface area contributed by atoms with Crippen molar-refractivity contribution in [1.29, 1.82) is 0 Å². The van der Waals surface area contributed by atoms with Crippen LogP contribution in [0.3, 0.4) is 0 Å². The minimum absolute atomic E-state index is 0.302. The van der Waals surface area contributed by atoms with Crippen LogP contribution in [0.5, 0.6) is 0 Å². The van der Waals surface area contributed by atoms with E-state index in [4.69, 9.17) is 5.73 Å². The van der Waals surface area contributed by atoms with Crippen molar-refractivity contribution in [3.8, 4) is 0 Å². The van der Waals surface area contributed by atoms with Crippen LogP contribution in [0, 0.1) is 17.8 Å². The summed E-state index contributed by atoms with van der Waals surface area (Å²) in [6.07, 6.45) is 8.16. The Bertz CT molecular complexity index is 457. The third kappa shape index (κ3) is 1.93. The van der Waals surface area contributed by atoms with E-state index in [0.717, 1.165) is 23.3 Å². The second-order valence-corrected chi connectivity index (χ2v) is 7.57. The first kappa shape index (κ1) is 12.8. The molecule has 4 fully saturated rings. The third-order valence-electron chi connectivity index (χ3n) is 6.17. The Balaban J connectivity index is 1.64. The summed E-state index contributed by atoms with van der Waals surface area (Å²) in [6, 6.07) is 8.71. The molecule has 0 heterocycles. The molecule has 0 aromatic heterocycles. The summed E-state index contributed by atoms with van der Waals surface area (Å²) in [7, 11) is 0. The van der Waals surface area contributed by atoms with E-state index in [2.05, 4.69) is 24.3 Å². The zero-order valence-electron chi connectivity index (χ0n) is 12.1. The highest BCUT2D eigenvalue weighted by molar-refractivity contribution is 5.33. The highest BCUT2D eigenvalue weighted by Gasteiger charge is 2.51. The van der Waals surface area contributed by atoms with Gasteiger partial charge in [-0.2, -0.15) is 0 Å². The fourth-order valence-electron chi connectivity index (χ4n) is 5.66. The van der Waals surface area contributed by atoms with Crippen LogP contribution in [0.15, 0.2) is 24.3 Å². The molecule has 4 aliphatic carbocycles. The molecule has 4 aliphatic rings. The molecular formula is C18H25NO. The molecular weight excluding hydrogens is 246 g/mol. The molecule has 2 heteroatoms. The van der Waals surface area contributed by atoms with Crippen LogP contribution in [-0.2, 0) is 5.41 Å². The largest absolute Gasteiger partial charge is 0.387 e. The van der Waals surface area contributed by atoms with Crippen molar-refractivity contribution in [2.24, 2.45) is 23.5 Å². The van der Waals surface area contributed by atoms with Gasteiger partial charge in [0.2, 0.25) is 0 Å². The number of hydrogen-bond donors (Lipinski definition) is 2. The number of aliphatic hydroxyl groups is 1.